The summed E-state index contributed by atoms with van der Waals surface area (Å²) in [5.41, 5.74) is 0. The lowest BCUT2D eigenvalue weighted by Gasteiger charge is -2.41. The number of carbonyl (C=O) groups is 5. The maximum absolute atomic E-state index is 14.1. The van der Waals surface area contributed by atoms with Crippen molar-refractivity contribution in [2.45, 2.75) is 117 Å². The average Bonchev–Trinajstić information content (AvgIpc) is 3.50. The molecule has 48 heavy (non-hydrogen) atoms. The summed E-state index contributed by atoms with van der Waals surface area (Å²) in [6, 6.07) is -3.59. The van der Waals surface area contributed by atoms with E-state index in [1.54, 1.807) is 23.8 Å². The maximum Gasteiger partial charge on any atom is 0.328 e. The number of amides is 4. The first kappa shape index (κ1) is 43.2. The van der Waals surface area contributed by atoms with E-state index in [1.807, 2.05) is 60.5 Å². The smallest absolute Gasteiger partial charge is 0.328 e. The van der Waals surface area contributed by atoms with Crippen LogP contribution in [0.2, 0.25) is 0 Å². The topological polar surface area (TPSA) is 178 Å². The van der Waals surface area contributed by atoms with Gasteiger partial charge in [-0.05, 0) is 44.7 Å². The Morgan fingerprint density at radius 3 is 1.96 bits per heavy atom. The number of aliphatic carboxylic acids is 1. The van der Waals surface area contributed by atoms with E-state index in [0.717, 1.165) is 0 Å². The molecule has 0 bridgehead atoms. The molecule has 1 saturated heterocycles. The van der Waals surface area contributed by atoms with Gasteiger partial charge in [-0.1, -0.05) is 54.9 Å². The van der Waals surface area contributed by atoms with Crippen molar-refractivity contribution in [3.8, 4) is 0 Å². The first-order valence-electron chi connectivity index (χ1n) is 17.1. The van der Waals surface area contributed by atoms with Gasteiger partial charge in [-0.15, -0.1) is 0 Å². The maximum atomic E-state index is 14.1. The minimum Gasteiger partial charge on any atom is -0.480 e. The van der Waals surface area contributed by atoms with Gasteiger partial charge in [-0.3, -0.25) is 24.1 Å². The molecule has 0 spiro atoms. The number of carbonyl (C=O) groups excluding carboxylic acids is 4. The number of nitrogens with one attached hydrogen (secondary N) is 2. The molecule has 4 N–H and O–H groups in total. The number of rotatable bonds is 20. The number of methoxy groups -OCH3 is 2. The fourth-order valence-corrected chi connectivity index (χ4v) is 6.90. The van der Waals surface area contributed by atoms with Gasteiger partial charge in [0.15, 0.2) is 0 Å². The Morgan fingerprint density at radius 1 is 0.917 bits per heavy atom. The van der Waals surface area contributed by atoms with Crippen LogP contribution >= 0.6 is 0 Å². The largest absolute Gasteiger partial charge is 0.480 e. The van der Waals surface area contributed by atoms with Crippen LogP contribution in [0.25, 0.3) is 0 Å². The molecule has 1 rings (SSSR count). The summed E-state index contributed by atoms with van der Waals surface area (Å²) in [7, 11) is 8.33. The van der Waals surface area contributed by atoms with Crippen molar-refractivity contribution in [1.29, 1.82) is 0 Å². The van der Waals surface area contributed by atoms with Gasteiger partial charge in [0.1, 0.15) is 12.1 Å². The number of hydrogen-bond acceptors (Lipinski definition) is 9. The Bertz CT molecular complexity index is 1060. The summed E-state index contributed by atoms with van der Waals surface area (Å²) < 4.78 is 11.7. The second-order valence-corrected chi connectivity index (χ2v) is 14.1. The van der Waals surface area contributed by atoms with Crippen LogP contribution in [-0.4, -0.2) is 145 Å². The molecule has 14 nitrogen and oxygen atoms in total. The minimum absolute atomic E-state index is 0.0308. The van der Waals surface area contributed by atoms with E-state index in [4.69, 9.17) is 9.47 Å². The molecule has 14 heteroatoms. The lowest BCUT2D eigenvalue weighted by atomic mass is 9.89. The van der Waals surface area contributed by atoms with E-state index in [9.17, 15) is 34.2 Å². The highest BCUT2D eigenvalue weighted by atomic mass is 16.5. The standard InChI is InChI=1S/C34H63N5O9/c1-13-21(6)29(38(10)33(44)27(19(2)3)36-32(43)28(20(4)5)37(8)9)25(47-11)17-26(41)39-16-14-15-24(39)30(48-12)22(7)31(42)35-23(18-40)34(45)46/h19-25,27-30,40H,13-18H2,1-12H3,(H,35,42)(H,36,43)(H,45,46)/t21-,22+,23-,24-,25+,27-,28-,29-,30+/m0/s1. The Labute approximate surface area is 287 Å². The van der Waals surface area contributed by atoms with Crippen LogP contribution in [0.4, 0.5) is 0 Å². The predicted molar refractivity (Wildman–Crippen MR) is 182 cm³/mol. The Morgan fingerprint density at radius 2 is 1.52 bits per heavy atom. The van der Waals surface area contributed by atoms with Crippen molar-refractivity contribution in [3.05, 3.63) is 0 Å². The Balaban J connectivity index is 3.27. The second kappa shape index (κ2) is 20.0. The summed E-state index contributed by atoms with van der Waals surface area (Å²) in [6.07, 6.45) is 0.545. The van der Waals surface area contributed by atoms with E-state index < -0.39 is 66.8 Å². The first-order valence-corrected chi connectivity index (χ1v) is 17.1. The van der Waals surface area contributed by atoms with E-state index in [2.05, 4.69) is 10.6 Å². The fourth-order valence-electron chi connectivity index (χ4n) is 6.90. The van der Waals surface area contributed by atoms with Gasteiger partial charge in [0, 0.05) is 27.8 Å². The zero-order valence-electron chi connectivity index (χ0n) is 31.2. The predicted octanol–water partition coefficient (Wildman–Crippen LogP) is 1.20. The SMILES string of the molecule is CC[C@H](C)[C@@H]([C@@H](CC(=O)N1CCC[C@H]1[C@H](OC)[C@@H](C)C(=O)N[C@@H](CO)C(=O)O)OC)N(C)C(=O)[C@@H](NC(=O)[C@H](C(C)C)N(C)C)C(C)C. The highest BCUT2D eigenvalue weighted by Crippen LogP contribution is 2.29. The van der Waals surface area contributed by atoms with Gasteiger partial charge >= 0.3 is 5.97 Å². The number of aliphatic hydroxyl groups excluding tert-OH is 1. The quantitative estimate of drug-likeness (QED) is 0.146. The summed E-state index contributed by atoms with van der Waals surface area (Å²) in [5, 5.41) is 23.9. The highest BCUT2D eigenvalue weighted by Gasteiger charge is 2.43. The number of aliphatic hydroxyl groups is 1. The van der Waals surface area contributed by atoms with Gasteiger partial charge in [0.2, 0.25) is 23.6 Å². The molecule has 0 aromatic heterocycles. The molecule has 0 aromatic rings. The van der Waals surface area contributed by atoms with Crippen molar-refractivity contribution in [2.75, 3.05) is 48.5 Å². The first-order chi connectivity index (χ1) is 22.4. The van der Waals surface area contributed by atoms with Crippen LogP contribution < -0.4 is 10.6 Å². The fraction of sp³-hybridized carbons (Fsp3) is 0.853. The molecule has 1 heterocycles. The van der Waals surface area contributed by atoms with Crippen LogP contribution in [0, 0.1) is 23.7 Å². The summed E-state index contributed by atoms with van der Waals surface area (Å²) in [4.78, 5) is 70.8. The van der Waals surface area contributed by atoms with Crippen LogP contribution in [-0.2, 0) is 33.4 Å². The molecular weight excluding hydrogens is 622 g/mol. The van der Waals surface area contributed by atoms with Gasteiger partial charge in [0.05, 0.1) is 49.3 Å². The number of nitrogens with zero attached hydrogens (tertiary/aromatic N) is 3. The lowest BCUT2D eigenvalue weighted by Crippen LogP contribution is -2.59. The molecular formula is C34H63N5O9. The van der Waals surface area contributed by atoms with Gasteiger partial charge in [-0.2, -0.15) is 0 Å². The van der Waals surface area contributed by atoms with E-state index in [1.165, 1.54) is 14.2 Å². The molecule has 0 radical (unpaired) electrons. The van der Waals surface area contributed by atoms with Gasteiger partial charge in [-0.25, -0.2) is 4.79 Å². The Hall–Kier alpha value is -2.81. The summed E-state index contributed by atoms with van der Waals surface area (Å²) in [5.74, 6) is -3.70. The van der Waals surface area contributed by atoms with Gasteiger partial charge < -0.3 is 40.1 Å². The molecule has 278 valence electrons. The molecule has 4 amide bonds. The monoisotopic (exact) mass is 685 g/mol. The highest BCUT2D eigenvalue weighted by molar-refractivity contribution is 5.90. The van der Waals surface area contributed by atoms with Crippen LogP contribution in [0.5, 0.6) is 0 Å². The molecule has 9 atom stereocenters. The zero-order valence-corrected chi connectivity index (χ0v) is 31.2. The van der Waals surface area contributed by atoms with Crippen LogP contribution in [0.3, 0.4) is 0 Å². The van der Waals surface area contributed by atoms with Crippen molar-refractivity contribution in [2.24, 2.45) is 23.7 Å². The molecule has 0 aliphatic carbocycles. The van der Waals surface area contributed by atoms with Crippen LogP contribution in [0.15, 0.2) is 0 Å². The van der Waals surface area contributed by atoms with E-state index in [-0.39, 0.29) is 41.9 Å². The van der Waals surface area contributed by atoms with Crippen molar-refractivity contribution < 1.29 is 43.7 Å². The molecule has 0 aromatic carbocycles. The third-order valence-corrected chi connectivity index (χ3v) is 9.74. The molecule has 0 saturated carbocycles. The number of carboxylic acids is 1. The average molecular weight is 686 g/mol. The van der Waals surface area contributed by atoms with Gasteiger partial charge in [0.25, 0.3) is 0 Å². The lowest BCUT2D eigenvalue weighted by molar-refractivity contribution is -0.148. The van der Waals surface area contributed by atoms with Crippen molar-refractivity contribution in [3.63, 3.8) is 0 Å². The molecule has 0 unspecified atom stereocenters. The summed E-state index contributed by atoms with van der Waals surface area (Å²) >= 11 is 0. The van der Waals surface area contributed by atoms with Crippen molar-refractivity contribution >= 4 is 29.6 Å². The molecule has 1 aliphatic rings. The minimum atomic E-state index is -1.45. The summed E-state index contributed by atoms with van der Waals surface area (Å²) in [6.45, 7) is 13.0. The third kappa shape index (κ3) is 11.1. The number of likely N-dealkylation sites (N-methyl/N-ethyl adjacent to an activating group) is 2. The van der Waals surface area contributed by atoms with Crippen LogP contribution in [0.1, 0.15) is 74.1 Å². The second-order valence-electron chi connectivity index (χ2n) is 14.1. The van der Waals surface area contributed by atoms with E-state index >= 15 is 0 Å². The Kier molecular flexibility index (Phi) is 18.0. The third-order valence-electron chi connectivity index (χ3n) is 9.74. The normalized spacial score (nSPS) is 20.1. The zero-order chi connectivity index (χ0) is 37.0. The number of carboxylic acid groups (broad SMARTS) is 1. The molecule has 1 fully saturated rings. The van der Waals surface area contributed by atoms with Crippen molar-refractivity contribution in [1.82, 2.24) is 25.3 Å². The number of hydrogen-bond donors (Lipinski definition) is 4. The number of ether oxygens (including phenoxy) is 2. The van der Waals surface area contributed by atoms with E-state index in [0.29, 0.717) is 25.8 Å². The number of likely N-dealkylation sites (tertiary alicyclic amines) is 1. The molecule has 1 aliphatic heterocycles.